The number of thiazole rings is 1. The summed E-state index contributed by atoms with van der Waals surface area (Å²) < 4.78 is 0. The SMILES string of the molecule is CCN(CC)CCNC(=O)c1[nH]c(/C=C2\C(=O)Nc3ccc(-c4csc(-c5ccccc5)n4)cc32)c2c1CCCC2. The van der Waals surface area contributed by atoms with Gasteiger partial charge in [-0.25, -0.2) is 4.98 Å². The van der Waals surface area contributed by atoms with E-state index < -0.39 is 0 Å². The minimum atomic E-state index is -0.134. The number of amides is 2. The van der Waals surface area contributed by atoms with Gasteiger partial charge in [-0.05, 0) is 68.1 Å². The monoisotopic (exact) mass is 565 g/mol. The molecule has 6 rings (SSSR count). The molecule has 8 heteroatoms. The van der Waals surface area contributed by atoms with Crippen molar-refractivity contribution in [3.63, 3.8) is 0 Å². The number of benzene rings is 2. The van der Waals surface area contributed by atoms with E-state index in [1.54, 1.807) is 11.3 Å². The van der Waals surface area contributed by atoms with Gasteiger partial charge in [0, 0.05) is 46.5 Å². The number of anilines is 1. The van der Waals surface area contributed by atoms with Crippen LogP contribution in [0.2, 0.25) is 0 Å². The molecule has 1 aliphatic carbocycles. The molecule has 4 aromatic rings. The molecule has 3 N–H and O–H groups in total. The first-order chi connectivity index (χ1) is 20.1. The highest BCUT2D eigenvalue weighted by Gasteiger charge is 2.28. The fourth-order valence-corrected chi connectivity index (χ4v) is 6.63. The lowest BCUT2D eigenvalue weighted by Crippen LogP contribution is -2.35. The molecule has 0 radical (unpaired) electrons. The van der Waals surface area contributed by atoms with E-state index >= 15 is 0 Å². The Morgan fingerprint density at radius 2 is 1.83 bits per heavy atom. The summed E-state index contributed by atoms with van der Waals surface area (Å²) in [5.41, 5.74) is 8.92. The molecule has 0 fully saturated rings. The van der Waals surface area contributed by atoms with E-state index in [0.29, 0.717) is 17.8 Å². The summed E-state index contributed by atoms with van der Waals surface area (Å²) in [6.45, 7) is 7.61. The van der Waals surface area contributed by atoms with Gasteiger partial charge in [0.15, 0.2) is 0 Å². The van der Waals surface area contributed by atoms with Crippen molar-refractivity contribution in [2.45, 2.75) is 39.5 Å². The molecule has 7 nitrogen and oxygen atoms in total. The summed E-state index contributed by atoms with van der Waals surface area (Å²) in [6, 6.07) is 16.1. The Labute approximate surface area is 244 Å². The van der Waals surface area contributed by atoms with Gasteiger partial charge in [-0.3, -0.25) is 9.59 Å². The summed E-state index contributed by atoms with van der Waals surface area (Å²) in [4.78, 5) is 37.0. The maximum Gasteiger partial charge on any atom is 0.268 e. The molecule has 2 aliphatic rings. The van der Waals surface area contributed by atoms with Gasteiger partial charge in [-0.2, -0.15) is 0 Å². The lowest BCUT2D eigenvalue weighted by atomic mass is 9.91. The molecule has 41 heavy (non-hydrogen) atoms. The third-order valence-electron chi connectivity index (χ3n) is 8.10. The van der Waals surface area contributed by atoms with E-state index in [1.165, 1.54) is 0 Å². The second-order valence-corrected chi connectivity index (χ2v) is 11.4. The molecule has 2 aromatic heterocycles. The molecule has 0 bridgehead atoms. The van der Waals surface area contributed by atoms with E-state index in [2.05, 4.69) is 51.9 Å². The number of hydrogen-bond acceptors (Lipinski definition) is 5. The number of nitrogens with one attached hydrogen (secondary N) is 3. The van der Waals surface area contributed by atoms with Crippen LogP contribution in [-0.2, 0) is 17.6 Å². The highest BCUT2D eigenvalue weighted by atomic mass is 32.1. The Morgan fingerprint density at radius 1 is 1.05 bits per heavy atom. The van der Waals surface area contributed by atoms with Crippen LogP contribution in [0.5, 0.6) is 0 Å². The van der Waals surface area contributed by atoms with E-state index in [-0.39, 0.29) is 11.8 Å². The van der Waals surface area contributed by atoms with Crippen LogP contribution in [-0.4, -0.2) is 52.9 Å². The van der Waals surface area contributed by atoms with Crippen LogP contribution in [0, 0.1) is 0 Å². The molecule has 1 aliphatic heterocycles. The zero-order valence-corrected chi connectivity index (χ0v) is 24.4. The van der Waals surface area contributed by atoms with E-state index in [9.17, 15) is 9.59 Å². The number of rotatable bonds is 9. The van der Waals surface area contributed by atoms with E-state index in [0.717, 1.165) is 95.2 Å². The van der Waals surface area contributed by atoms with Gasteiger partial charge in [-0.15, -0.1) is 11.3 Å². The van der Waals surface area contributed by atoms with Crippen LogP contribution in [0.4, 0.5) is 5.69 Å². The zero-order chi connectivity index (χ0) is 28.3. The number of likely N-dealkylation sites (N-methyl/N-ethyl adjacent to an activating group) is 1. The van der Waals surface area contributed by atoms with Gasteiger partial charge >= 0.3 is 0 Å². The van der Waals surface area contributed by atoms with Crippen LogP contribution in [0.15, 0.2) is 53.9 Å². The molecule has 0 saturated carbocycles. The highest BCUT2D eigenvalue weighted by Crippen LogP contribution is 2.38. The third-order valence-corrected chi connectivity index (χ3v) is 8.99. The molecule has 210 valence electrons. The standard InChI is InChI=1S/C33H35N5O2S/c1-3-38(4-2)17-16-34-32(40)30-24-13-9-8-12-23(24)28(35-30)19-26-25-18-22(14-15-27(25)36-31(26)39)29-20-41-33(37-29)21-10-6-5-7-11-21/h5-7,10-11,14-15,18-20,35H,3-4,8-9,12-13,16-17H2,1-2H3,(H,34,40)(H,36,39)/b26-19-. The Bertz CT molecular complexity index is 1610. The lowest BCUT2D eigenvalue weighted by molar-refractivity contribution is -0.110. The Kier molecular flexibility index (Phi) is 7.85. The van der Waals surface area contributed by atoms with Crippen LogP contribution in [0.3, 0.4) is 0 Å². The zero-order valence-electron chi connectivity index (χ0n) is 23.5. The molecular formula is C33H35N5O2S. The Balaban J connectivity index is 1.30. The van der Waals surface area contributed by atoms with Crippen molar-refractivity contribution in [1.29, 1.82) is 0 Å². The molecule has 3 heterocycles. The summed E-state index contributed by atoms with van der Waals surface area (Å²) in [5.74, 6) is -0.207. The molecule has 0 saturated heterocycles. The van der Waals surface area contributed by atoms with Crippen molar-refractivity contribution in [1.82, 2.24) is 20.2 Å². The van der Waals surface area contributed by atoms with Gasteiger partial charge in [0.25, 0.3) is 11.8 Å². The highest BCUT2D eigenvalue weighted by molar-refractivity contribution is 7.13. The molecule has 0 unspecified atom stereocenters. The predicted octanol–water partition coefficient (Wildman–Crippen LogP) is 6.25. The van der Waals surface area contributed by atoms with Crippen LogP contribution in [0.25, 0.3) is 33.5 Å². The van der Waals surface area contributed by atoms with Gasteiger partial charge in [0.1, 0.15) is 10.7 Å². The molecular weight excluding hydrogens is 530 g/mol. The summed E-state index contributed by atoms with van der Waals surface area (Å²) >= 11 is 1.61. The quantitative estimate of drug-likeness (QED) is 0.209. The van der Waals surface area contributed by atoms with Crippen molar-refractivity contribution >= 4 is 40.5 Å². The first-order valence-corrected chi connectivity index (χ1v) is 15.4. The fraction of sp³-hybridized carbons (Fsp3) is 0.303. The number of aromatic amines is 1. The number of aromatic nitrogens is 2. The maximum absolute atomic E-state index is 13.2. The third kappa shape index (κ3) is 5.49. The summed E-state index contributed by atoms with van der Waals surface area (Å²) in [5, 5.41) is 9.14. The van der Waals surface area contributed by atoms with Gasteiger partial charge in [-0.1, -0.05) is 50.2 Å². The van der Waals surface area contributed by atoms with Crippen LogP contribution >= 0.6 is 11.3 Å². The fourth-order valence-electron chi connectivity index (χ4n) is 5.79. The second kappa shape index (κ2) is 11.8. The Morgan fingerprint density at radius 3 is 2.61 bits per heavy atom. The number of H-pyrrole nitrogens is 1. The first kappa shape index (κ1) is 27.2. The Hall–Kier alpha value is -4.01. The molecule has 2 aromatic carbocycles. The normalized spacial score (nSPS) is 15.2. The van der Waals surface area contributed by atoms with Gasteiger partial charge in [0.05, 0.1) is 11.3 Å². The summed E-state index contributed by atoms with van der Waals surface area (Å²) in [7, 11) is 0. The predicted molar refractivity (Wildman–Crippen MR) is 167 cm³/mol. The average Bonchev–Trinajstić information content (AvgIpc) is 3.72. The molecule has 2 amide bonds. The van der Waals surface area contributed by atoms with Crippen molar-refractivity contribution in [2.24, 2.45) is 0 Å². The van der Waals surface area contributed by atoms with Crippen molar-refractivity contribution < 1.29 is 9.59 Å². The van der Waals surface area contributed by atoms with Gasteiger partial charge in [0.2, 0.25) is 0 Å². The smallest absolute Gasteiger partial charge is 0.268 e. The maximum atomic E-state index is 13.2. The van der Waals surface area contributed by atoms with Crippen LogP contribution in [0.1, 0.15) is 59.6 Å². The van der Waals surface area contributed by atoms with E-state index in [4.69, 9.17) is 4.98 Å². The number of fused-ring (bicyclic) bond motifs is 2. The molecule has 0 atom stereocenters. The number of carbonyl (C=O) groups is 2. The first-order valence-electron chi connectivity index (χ1n) is 14.5. The number of carbonyl (C=O) groups excluding carboxylic acids is 2. The minimum Gasteiger partial charge on any atom is -0.351 e. The van der Waals surface area contributed by atoms with Crippen molar-refractivity contribution in [3.05, 3.63) is 82.0 Å². The number of nitrogens with zero attached hydrogens (tertiary/aromatic N) is 2. The van der Waals surface area contributed by atoms with Crippen LogP contribution < -0.4 is 10.6 Å². The minimum absolute atomic E-state index is 0.0729. The second-order valence-electron chi connectivity index (χ2n) is 10.5. The average molecular weight is 566 g/mol. The van der Waals surface area contributed by atoms with Crippen molar-refractivity contribution in [2.75, 3.05) is 31.5 Å². The van der Waals surface area contributed by atoms with Crippen molar-refractivity contribution in [3.8, 4) is 21.8 Å². The topological polar surface area (TPSA) is 90.1 Å². The lowest BCUT2D eigenvalue weighted by Gasteiger charge is -2.18. The molecule has 0 spiro atoms. The summed E-state index contributed by atoms with van der Waals surface area (Å²) in [6.07, 6.45) is 5.83. The van der Waals surface area contributed by atoms with E-state index in [1.807, 2.05) is 42.5 Å². The van der Waals surface area contributed by atoms with Gasteiger partial charge < -0.3 is 20.5 Å². The number of hydrogen-bond donors (Lipinski definition) is 3. The largest absolute Gasteiger partial charge is 0.351 e.